The van der Waals surface area contributed by atoms with Crippen LogP contribution in [0.25, 0.3) is 17.2 Å². The third-order valence-electron chi connectivity index (χ3n) is 4.77. The van der Waals surface area contributed by atoms with Crippen molar-refractivity contribution in [2.24, 2.45) is 0 Å². The highest BCUT2D eigenvalue weighted by Gasteiger charge is 2.31. The molecule has 9 nitrogen and oxygen atoms in total. The summed E-state index contributed by atoms with van der Waals surface area (Å²) in [6, 6.07) is 3.97. The average molecular weight is 362 g/mol. The van der Waals surface area contributed by atoms with Crippen LogP contribution in [0.2, 0.25) is 0 Å². The third kappa shape index (κ3) is 3.13. The van der Waals surface area contributed by atoms with E-state index in [0.29, 0.717) is 11.7 Å². The SMILES string of the molecule is c1cn(-c2ccc(-c3noc([C@@H]4CCCN4Cc4ncc[nH]4)n3)cn2)cn1. The van der Waals surface area contributed by atoms with Crippen LogP contribution in [0.4, 0.5) is 0 Å². The summed E-state index contributed by atoms with van der Waals surface area (Å²) in [6.45, 7) is 1.74. The summed E-state index contributed by atoms with van der Waals surface area (Å²) in [6.07, 6.45) is 12.7. The molecule has 9 heteroatoms. The number of aromatic amines is 1. The first-order valence-corrected chi connectivity index (χ1v) is 8.87. The van der Waals surface area contributed by atoms with E-state index in [4.69, 9.17) is 4.52 Å². The highest BCUT2D eigenvalue weighted by molar-refractivity contribution is 5.53. The Morgan fingerprint density at radius 1 is 1.22 bits per heavy atom. The number of rotatable bonds is 5. The Morgan fingerprint density at radius 3 is 3.00 bits per heavy atom. The van der Waals surface area contributed by atoms with Gasteiger partial charge in [-0.1, -0.05) is 5.16 Å². The molecule has 1 aliphatic heterocycles. The van der Waals surface area contributed by atoms with Gasteiger partial charge in [-0.15, -0.1) is 0 Å². The molecular formula is C18H18N8O. The maximum Gasteiger partial charge on any atom is 0.244 e. The highest BCUT2D eigenvalue weighted by Crippen LogP contribution is 2.32. The van der Waals surface area contributed by atoms with Crippen molar-refractivity contribution in [2.45, 2.75) is 25.4 Å². The standard InChI is InChI=1S/C18H18N8O/c1-2-14(25(8-1)11-15-20-5-6-21-15)18-23-17(24-27-18)13-3-4-16(22-10-13)26-9-7-19-12-26/h3-7,9-10,12,14H,1-2,8,11H2,(H,20,21)/t14-/m0/s1. The lowest BCUT2D eigenvalue weighted by atomic mass is 10.2. The Bertz CT molecular complexity index is 991. The van der Waals surface area contributed by atoms with Crippen LogP contribution >= 0.6 is 0 Å². The number of imidazole rings is 2. The summed E-state index contributed by atoms with van der Waals surface area (Å²) >= 11 is 0. The van der Waals surface area contributed by atoms with Gasteiger partial charge in [-0.25, -0.2) is 15.0 Å². The Labute approximate surface area is 155 Å². The van der Waals surface area contributed by atoms with Crippen LogP contribution in [-0.2, 0) is 6.54 Å². The number of aromatic nitrogens is 7. The van der Waals surface area contributed by atoms with Gasteiger partial charge in [0.2, 0.25) is 11.7 Å². The van der Waals surface area contributed by atoms with Crippen LogP contribution in [0.3, 0.4) is 0 Å². The van der Waals surface area contributed by atoms with Gasteiger partial charge in [0.25, 0.3) is 0 Å². The molecule has 136 valence electrons. The van der Waals surface area contributed by atoms with E-state index in [1.54, 1.807) is 24.9 Å². The molecule has 4 aromatic heterocycles. The zero-order valence-corrected chi connectivity index (χ0v) is 14.6. The Balaban J connectivity index is 1.34. The summed E-state index contributed by atoms with van der Waals surface area (Å²) in [4.78, 5) is 22.9. The molecule has 0 aromatic carbocycles. The zero-order valence-electron chi connectivity index (χ0n) is 14.6. The topological polar surface area (TPSA) is 102 Å². The van der Waals surface area contributed by atoms with Gasteiger partial charge in [0.05, 0.1) is 12.6 Å². The fraction of sp³-hybridized carbons (Fsp3) is 0.278. The quantitative estimate of drug-likeness (QED) is 0.581. The van der Waals surface area contributed by atoms with Crippen LogP contribution in [0.15, 0.2) is 54.0 Å². The summed E-state index contributed by atoms with van der Waals surface area (Å²) in [5.74, 6) is 2.94. The molecule has 0 saturated carbocycles. The summed E-state index contributed by atoms with van der Waals surface area (Å²) in [5.41, 5.74) is 0.824. The number of likely N-dealkylation sites (tertiary alicyclic amines) is 1. The molecule has 1 saturated heterocycles. The van der Waals surface area contributed by atoms with Crippen LogP contribution in [-0.4, -0.2) is 46.1 Å². The third-order valence-corrected chi connectivity index (χ3v) is 4.77. The highest BCUT2D eigenvalue weighted by atomic mass is 16.5. The van der Waals surface area contributed by atoms with Crippen LogP contribution < -0.4 is 0 Å². The van der Waals surface area contributed by atoms with Gasteiger partial charge >= 0.3 is 0 Å². The first kappa shape index (κ1) is 15.9. The molecule has 1 aliphatic rings. The van der Waals surface area contributed by atoms with Gasteiger partial charge < -0.3 is 9.51 Å². The predicted octanol–water partition coefficient (Wildman–Crippen LogP) is 2.38. The second-order valence-electron chi connectivity index (χ2n) is 6.50. The van der Waals surface area contributed by atoms with Crippen molar-refractivity contribution in [3.05, 3.63) is 61.2 Å². The number of H-pyrrole nitrogens is 1. The summed E-state index contributed by atoms with van der Waals surface area (Å²) in [5, 5.41) is 4.16. The van der Waals surface area contributed by atoms with Gasteiger partial charge in [0, 0.05) is 36.5 Å². The number of hydrogen-bond donors (Lipinski definition) is 1. The van der Waals surface area contributed by atoms with Crippen molar-refractivity contribution in [3.63, 3.8) is 0 Å². The lowest BCUT2D eigenvalue weighted by Crippen LogP contribution is -2.23. The Morgan fingerprint density at radius 2 is 2.22 bits per heavy atom. The molecule has 0 aliphatic carbocycles. The lowest BCUT2D eigenvalue weighted by molar-refractivity contribution is 0.197. The molecule has 1 N–H and O–H groups in total. The fourth-order valence-electron chi connectivity index (χ4n) is 3.43. The summed E-state index contributed by atoms with van der Waals surface area (Å²) < 4.78 is 7.42. The number of hydrogen-bond acceptors (Lipinski definition) is 7. The zero-order chi connectivity index (χ0) is 18.1. The first-order chi connectivity index (χ1) is 13.4. The van der Waals surface area contributed by atoms with Gasteiger partial charge in [0.15, 0.2) is 0 Å². The normalized spacial score (nSPS) is 17.6. The maximum atomic E-state index is 5.58. The number of nitrogens with one attached hydrogen (secondary N) is 1. The Hall–Kier alpha value is -3.33. The van der Waals surface area contributed by atoms with Crippen molar-refractivity contribution in [3.8, 4) is 17.2 Å². The van der Waals surface area contributed by atoms with Gasteiger partial charge in [0.1, 0.15) is 18.0 Å². The molecule has 0 spiro atoms. The van der Waals surface area contributed by atoms with Crippen LogP contribution in [0.1, 0.15) is 30.6 Å². The first-order valence-electron chi connectivity index (χ1n) is 8.87. The van der Waals surface area contributed by atoms with Gasteiger partial charge in [-0.05, 0) is 31.5 Å². The maximum absolute atomic E-state index is 5.58. The van der Waals surface area contributed by atoms with Crippen LogP contribution in [0.5, 0.6) is 0 Å². The van der Waals surface area contributed by atoms with Crippen molar-refractivity contribution in [1.82, 2.24) is 39.5 Å². The minimum absolute atomic E-state index is 0.120. The van der Waals surface area contributed by atoms with E-state index in [1.807, 2.05) is 29.1 Å². The molecule has 4 aromatic rings. The molecule has 0 amide bonds. The number of nitrogens with zero attached hydrogens (tertiary/aromatic N) is 7. The van der Waals surface area contributed by atoms with E-state index >= 15 is 0 Å². The van der Waals surface area contributed by atoms with Gasteiger partial charge in [-0.3, -0.25) is 9.47 Å². The van der Waals surface area contributed by atoms with Crippen molar-refractivity contribution < 1.29 is 4.52 Å². The van der Waals surface area contributed by atoms with E-state index in [2.05, 4.69) is 35.0 Å². The lowest BCUT2D eigenvalue weighted by Gasteiger charge is -2.19. The van der Waals surface area contributed by atoms with E-state index in [-0.39, 0.29) is 6.04 Å². The van der Waals surface area contributed by atoms with Crippen molar-refractivity contribution in [1.29, 1.82) is 0 Å². The minimum Gasteiger partial charge on any atom is -0.348 e. The van der Waals surface area contributed by atoms with Crippen molar-refractivity contribution in [2.75, 3.05) is 6.54 Å². The second kappa shape index (κ2) is 6.76. The molecular weight excluding hydrogens is 344 g/mol. The van der Waals surface area contributed by atoms with E-state index in [0.717, 1.165) is 43.1 Å². The molecule has 0 unspecified atom stereocenters. The molecule has 5 heterocycles. The molecule has 1 fully saturated rings. The second-order valence-corrected chi connectivity index (χ2v) is 6.50. The van der Waals surface area contributed by atoms with E-state index in [9.17, 15) is 0 Å². The average Bonchev–Trinajstić information content (AvgIpc) is 3.48. The minimum atomic E-state index is 0.120. The molecule has 0 bridgehead atoms. The monoisotopic (exact) mass is 362 g/mol. The molecule has 5 rings (SSSR count). The molecule has 0 radical (unpaired) electrons. The smallest absolute Gasteiger partial charge is 0.244 e. The molecule has 27 heavy (non-hydrogen) atoms. The Kier molecular flexibility index (Phi) is 3.98. The van der Waals surface area contributed by atoms with Gasteiger partial charge in [-0.2, -0.15) is 4.98 Å². The summed E-state index contributed by atoms with van der Waals surface area (Å²) in [7, 11) is 0. The van der Waals surface area contributed by atoms with Crippen molar-refractivity contribution >= 4 is 0 Å². The fourth-order valence-corrected chi connectivity index (χ4v) is 3.43. The predicted molar refractivity (Wildman–Crippen MR) is 95.6 cm³/mol. The number of pyridine rings is 1. The molecule has 1 atom stereocenters. The van der Waals surface area contributed by atoms with Crippen LogP contribution in [0, 0.1) is 0 Å². The van der Waals surface area contributed by atoms with E-state index < -0.39 is 0 Å². The largest absolute Gasteiger partial charge is 0.348 e. The van der Waals surface area contributed by atoms with E-state index in [1.165, 1.54) is 0 Å².